The molecule has 0 saturated heterocycles. The van der Waals surface area contributed by atoms with E-state index < -0.39 is 6.10 Å². The lowest BCUT2D eigenvalue weighted by atomic mass is 9.98. The van der Waals surface area contributed by atoms with Gasteiger partial charge in [-0.15, -0.1) is 0 Å². The summed E-state index contributed by atoms with van der Waals surface area (Å²) in [7, 11) is 0. The van der Waals surface area contributed by atoms with Crippen molar-refractivity contribution < 1.29 is 9.53 Å². The Kier molecular flexibility index (Phi) is 6.10. The minimum absolute atomic E-state index is 0.240. The van der Waals surface area contributed by atoms with Gasteiger partial charge < -0.3 is 15.8 Å². The van der Waals surface area contributed by atoms with Crippen LogP contribution in [-0.2, 0) is 4.79 Å². The summed E-state index contributed by atoms with van der Waals surface area (Å²) in [4.78, 5) is 12.4. The van der Waals surface area contributed by atoms with Gasteiger partial charge in [0.15, 0.2) is 6.10 Å². The molecule has 0 aliphatic rings. The van der Waals surface area contributed by atoms with Crippen LogP contribution in [0.25, 0.3) is 0 Å². The van der Waals surface area contributed by atoms with Crippen molar-refractivity contribution in [3.8, 4) is 5.75 Å². The average molecular weight is 347 g/mol. The highest BCUT2D eigenvalue weighted by atomic mass is 35.5. The van der Waals surface area contributed by atoms with E-state index in [1.54, 1.807) is 25.1 Å². The first-order valence-corrected chi connectivity index (χ1v) is 8.41. The fourth-order valence-electron chi connectivity index (χ4n) is 2.32. The number of nitrogen functional groups attached to an aromatic ring is 1. The molecule has 24 heavy (non-hydrogen) atoms. The zero-order chi connectivity index (χ0) is 17.7. The van der Waals surface area contributed by atoms with Crippen LogP contribution in [-0.4, -0.2) is 12.0 Å². The number of nitrogens with two attached hydrogens (primary N) is 1. The quantitative estimate of drug-likeness (QED) is 0.735. The maximum absolute atomic E-state index is 12.4. The summed E-state index contributed by atoms with van der Waals surface area (Å²) < 4.78 is 5.89. The molecule has 2 atom stereocenters. The van der Waals surface area contributed by atoms with Gasteiger partial charge in [-0.2, -0.15) is 0 Å². The Morgan fingerprint density at radius 2 is 1.96 bits per heavy atom. The Morgan fingerprint density at radius 1 is 1.25 bits per heavy atom. The number of nitrogens with one attached hydrogen (secondary N) is 1. The fourth-order valence-corrected chi connectivity index (χ4v) is 2.44. The molecule has 0 unspecified atom stereocenters. The third-order valence-electron chi connectivity index (χ3n) is 4.00. The maximum atomic E-state index is 12.4. The van der Waals surface area contributed by atoms with Gasteiger partial charge in [0.25, 0.3) is 5.91 Å². The molecule has 0 radical (unpaired) electrons. The molecule has 0 aliphatic heterocycles. The summed E-state index contributed by atoms with van der Waals surface area (Å²) in [6.07, 6.45) is 0.373. The molecule has 1 amide bonds. The molecule has 0 saturated carbocycles. The highest BCUT2D eigenvalue weighted by Crippen LogP contribution is 2.29. The van der Waals surface area contributed by atoms with E-state index >= 15 is 0 Å². The van der Waals surface area contributed by atoms with Crippen LogP contribution in [0.1, 0.15) is 38.7 Å². The van der Waals surface area contributed by atoms with E-state index in [-0.39, 0.29) is 5.91 Å². The van der Waals surface area contributed by atoms with Crippen LogP contribution >= 0.6 is 11.6 Å². The smallest absolute Gasteiger partial charge is 0.265 e. The van der Waals surface area contributed by atoms with Crippen molar-refractivity contribution in [1.29, 1.82) is 0 Å². The molecule has 2 aromatic carbocycles. The largest absolute Gasteiger partial charge is 0.481 e. The van der Waals surface area contributed by atoms with Gasteiger partial charge in [0.05, 0.1) is 10.7 Å². The number of para-hydroxylation sites is 1. The van der Waals surface area contributed by atoms with Gasteiger partial charge >= 0.3 is 0 Å². The van der Waals surface area contributed by atoms with Crippen molar-refractivity contribution in [3.63, 3.8) is 0 Å². The van der Waals surface area contributed by atoms with E-state index in [0.29, 0.717) is 22.3 Å². The number of rotatable bonds is 6. The Bertz CT molecular complexity index is 718. The predicted octanol–water partition coefficient (Wildman–Crippen LogP) is 4.84. The molecular formula is C19H23ClN2O2. The lowest BCUT2D eigenvalue weighted by Crippen LogP contribution is -2.30. The number of ether oxygens (including phenoxy) is 1. The SMILES string of the molecule is CC[C@@H](C)c1ccccc1O[C@@H](C)C(=O)Nc1ccc(Cl)c(N)c1. The number of carbonyl (C=O) groups excluding carboxylic acids is 1. The predicted molar refractivity (Wildman–Crippen MR) is 99.7 cm³/mol. The zero-order valence-corrected chi connectivity index (χ0v) is 14.9. The van der Waals surface area contributed by atoms with Crippen LogP contribution in [0.5, 0.6) is 5.75 Å². The van der Waals surface area contributed by atoms with Crippen molar-refractivity contribution in [2.24, 2.45) is 0 Å². The molecule has 0 bridgehead atoms. The summed E-state index contributed by atoms with van der Waals surface area (Å²) in [6, 6.07) is 12.8. The highest BCUT2D eigenvalue weighted by molar-refractivity contribution is 6.33. The van der Waals surface area contributed by atoms with E-state index in [1.165, 1.54) is 0 Å². The van der Waals surface area contributed by atoms with Crippen molar-refractivity contribution in [2.45, 2.75) is 39.2 Å². The normalized spacial score (nSPS) is 13.2. The van der Waals surface area contributed by atoms with Crippen molar-refractivity contribution in [2.75, 3.05) is 11.1 Å². The first-order valence-electron chi connectivity index (χ1n) is 8.03. The average Bonchev–Trinajstić information content (AvgIpc) is 2.58. The fraction of sp³-hybridized carbons (Fsp3) is 0.316. The van der Waals surface area contributed by atoms with Crippen molar-refractivity contribution >= 4 is 28.9 Å². The van der Waals surface area contributed by atoms with Gasteiger partial charge in [0.1, 0.15) is 5.75 Å². The maximum Gasteiger partial charge on any atom is 0.265 e. The molecule has 3 N–H and O–H groups in total. The minimum Gasteiger partial charge on any atom is -0.481 e. The highest BCUT2D eigenvalue weighted by Gasteiger charge is 2.18. The number of carbonyl (C=O) groups is 1. The third-order valence-corrected chi connectivity index (χ3v) is 4.34. The third kappa shape index (κ3) is 4.42. The van der Waals surface area contributed by atoms with Crippen LogP contribution in [0.3, 0.4) is 0 Å². The minimum atomic E-state index is -0.632. The molecule has 0 spiro atoms. The lowest BCUT2D eigenvalue weighted by Gasteiger charge is -2.19. The molecule has 2 rings (SSSR count). The number of hydrogen-bond donors (Lipinski definition) is 2. The van der Waals surface area contributed by atoms with Gasteiger partial charge in [-0.3, -0.25) is 4.79 Å². The molecule has 0 aliphatic carbocycles. The van der Waals surface area contributed by atoms with Crippen molar-refractivity contribution in [1.82, 2.24) is 0 Å². The van der Waals surface area contributed by atoms with Gasteiger partial charge in [-0.1, -0.05) is 43.6 Å². The Morgan fingerprint density at radius 3 is 2.62 bits per heavy atom. The number of anilines is 2. The van der Waals surface area contributed by atoms with Crippen LogP contribution in [0, 0.1) is 0 Å². The van der Waals surface area contributed by atoms with Crippen LogP contribution in [0.4, 0.5) is 11.4 Å². The summed E-state index contributed by atoms with van der Waals surface area (Å²) in [5, 5.41) is 3.25. The number of amides is 1. The van der Waals surface area contributed by atoms with Crippen LogP contribution in [0.2, 0.25) is 5.02 Å². The summed E-state index contributed by atoms with van der Waals surface area (Å²) >= 11 is 5.89. The van der Waals surface area contributed by atoms with Gasteiger partial charge in [-0.05, 0) is 49.1 Å². The Balaban J connectivity index is 2.08. The monoisotopic (exact) mass is 346 g/mol. The Hall–Kier alpha value is -2.20. The Labute approximate surface area is 148 Å². The molecule has 0 aromatic heterocycles. The van der Waals surface area contributed by atoms with Gasteiger partial charge in [0, 0.05) is 5.69 Å². The van der Waals surface area contributed by atoms with Crippen molar-refractivity contribution in [3.05, 3.63) is 53.1 Å². The standard InChI is InChI=1S/C19H23ClN2O2/c1-4-12(2)15-7-5-6-8-18(15)24-13(3)19(23)22-14-9-10-16(20)17(21)11-14/h5-13H,4,21H2,1-3H3,(H,22,23)/t12-,13+/m1/s1. The van der Waals surface area contributed by atoms with E-state index in [2.05, 4.69) is 19.2 Å². The number of hydrogen-bond acceptors (Lipinski definition) is 3. The van der Waals surface area contributed by atoms with Gasteiger partial charge in [-0.25, -0.2) is 0 Å². The van der Waals surface area contributed by atoms with Gasteiger partial charge in [0.2, 0.25) is 0 Å². The molecule has 0 fully saturated rings. The molecular weight excluding hydrogens is 324 g/mol. The van der Waals surface area contributed by atoms with E-state index in [4.69, 9.17) is 22.1 Å². The first kappa shape index (κ1) is 18.1. The van der Waals surface area contributed by atoms with E-state index in [9.17, 15) is 4.79 Å². The van der Waals surface area contributed by atoms with Crippen LogP contribution in [0.15, 0.2) is 42.5 Å². The second-order valence-electron chi connectivity index (χ2n) is 5.83. The molecule has 5 heteroatoms. The van der Waals surface area contributed by atoms with E-state index in [1.807, 2.05) is 24.3 Å². The summed E-state index contributed by atoms with van der Waals surface area (Å²) in [5.74, 6) is 0.869. The molecule has 2 aromatic rings. The zero-order valence-electron chi connectivity index (χ0n) is 14.2. The molecule has 0 heterocycles. The first-order chi connectivity index (χ1) is 11.4. The van der Waals surface area contributed by atoms with Crippen LogP contribution < -0.4 is 15.8 Å². The second-order valence-corrected chi connectivity index (χ2v) is 6.24. The number of benzene rings is 2. The lowest BCUT2D eigenvalue weighted by molar-refractivity contribution is -0.122. The number of halogens is 1. The second kappa shape index (κ2) is 8.06. The molecule has 128 valence electrons. The van der Waals surface area contributed by atoms with E-state index in [0.717, 1.165) is 17.7 Å². The summed E-state index contributed by atoms with van der Waals surface area (Å²) in [6.45, 7) is 5.99. The summed E-state index contributed by atoms with van der Waals surface area (Å²) in [5.41, 5.74) is 7.87. The topological polar surface area (TPSA) is 64.3 Å². The molecule has 4 nitrogen and oxygen atoms in total.